The van der Waals surface area contributed by atoms with Crippen LogP contribution < -0.4 is 5.32 Å². The minimum atomic E-state index is -4.23. The molecule has 2 atom stereocenters. The van der Waals surface area contributed by atoms with Crippen LogP contribution in [0.2, 0.25) is 0 Å². The van der Waals surface area contributed by atoms with E-state index in [1.54, 1.807) is 0 Å². The maximum atomic E-state index is 12.7. The van der Waals surface area contributed by atoms with Crippen LogP contribution in [0.4, 0.5) is 13.2 Å². The second-order valence-electron chi connectivity index (χ2n) is 5.46. The van der Waals surface area contributed by atoms with Crippen molar-refractivity contribution in [3.8, 4) is 0 Å². The summed E-state index contributed by atoms with van der Waals surface area (Å²) in [4.78, 5) is 22.7. The van der Waals surface area contributed by atoms with Gasteiger partial charge in [-0.3, -0.25) is 4.79 Å². The molecule has 0 radical (unpaired) electrons. The maximum Gasteiger partial charge on any atom is 0.391 e. The van der Waals surface area contributed by atoms with Crippen molar-refractivity contribution in [3.63, 3.8) is 0 Å². The minimum Gasteiger partial charge on any atom is -0.478 e. The van der Waals surface area contributed by atoms with E-state index in [2.05, 4.69) is 5.32 Å². The van der Waals surface area contributed by atoms with Crippen LogP contribution in [-0.4, -0.2) is 29.2 Å². The highest BCUT2D eigenvalue weighted by atomic mass is 19.4. The summed E-state index contributed by atoms with van der Waals surface area (Å²) in [6.45, 7) is 0. The number of aromatic carboxylic acids is 1. The van der Waals surface area contributed by atoms with Gasteiger partial charge in [0.15, 0.2) is 0 Å². The zero-order chi connectivity index (χ0) is 16.3. The molecule has 0 aromatic heterocycles. The first kappa shape index (κ1) is 16.3. The summed E-state index contributed by atoms with van der Waals surface area (Å²) >= 11 is 0. The van der Waals surface area contributed by atoms with Gasteiger partial charge in [-0.15, -0.1) is 0 Å². The third-order valence-electron chi connectivity index (χ3n) is 3.87. The van der Waals surface area contributed by atoms with E-state index in [1.807, 2.05) is 0 Å². The fraction of sp³-hybridized carbons (Fsp3) is 0.467. The van der Waals surface area contributed by atoms with Crippen molar-refractivity contribution < 1.29 is 27.9 Å². The molecule has 2 N–H and O–H groups in total. The van der Waals surface area contributed by atoms with Crippen molar-refractivity contribution in [3.05, 3.63) is 35.4 Å². The molecule has 1 aromatic carbocycles. The SMILES string of the molecule is O=C(O)c1ccc(C(=O)N[C@H]2CCC[C@H](C(F)(F)F)C2)cc1. The molecule has 1 aliphatic carbocycles. The smallest absolute Gasteiger partial charge is 0.391 e. The van der Waals surface area contributed by atoms with Crippen molar-refractivity contribution in [2.45, 2.75) is 37.9 Å². The van der Waals surface area contributed by atoms with Crippen LogP contribution in [0.5, 0.6) is 0 Å². The zero-order valence-electron chi connectivity index (χ0n) is 11.7. The molecule has 1 amide bonds. The minimum absolute atomic E-state index is 0.0475. The summed E-state index contributed by atoms with van der Waals surface area (Å²) in [5.41, 5.74) is 0.283. The number of hydrogen-bond donors (Lipinski definition) is 2. The Morgan fingerprint density at radius 2 is 1.68 bits per heavy atom. The van der Waals surface area contributed by atoms with E-state index in [9.17, 15) is 22.8 Å². The second-order valence-corrected chi connectivity index (χ2v) is 5.46. The molecule has 1 aliphatic rings. The van der Waals surface area contributed by atoms with E-state index < -0.39 is 30.0 Å². The molecule has 2 rings (SSSR count). The van der Waals surface area contributed by atoms with E-state index in [4.69, 9.17) is 5.11 Å². The van der Waals surface area contributed by atoms with Crippen LogP contribution in [0.1, 0.15) is 46.4 Å². The van der Waals surface area contributed by atoms with Gasteiger partial charge in [0, 0.05) is 11.6 Å². The van der Waals surface area contributed by atoms with Crippen LogP contribution >= 0.6 is 0 Å². The Labute approximate surface area is 125 Å². The van der Waals surface area contributed by atoms with Crippen LogP contribution in [0.15, 0.2) is 24.3 Å². The number of carboxylic acid groups (broad SMARTS) is 1. The lowest BCUT2D eigenvalue weighted by Gasteiger charge is -2.31. The third kappa shape index (κ3) is 3.99. The molecule has 4 nitrogen and oxygen atoms in total. The van der Waals surface area contributed by atoms with Crippen LogP contribution in [-0.2, 0) is 0 Å². The van der Waals surface area contributed by atoms with Crippen molar-refractivity contribution >= 4 is 11.9 Å². The lowest BCUT2D eigenvalue weighted by Crippen LogP contribution is -2.41. The monoisotopic (exact) mass is 315 g/mol. The first-order valence-corrected chi connectivity index (χ1v) is 6.98. The Morgan fingerprint density at radius 1 is 1.09 bits per heavy atom. The number of rotatable bonds is 3. The average Bonchev–Trinajstić information content (AvgIpc) is 2.46. The summed E-state index contributed by atoms with van der Waals surface area (Å²) in [7, 11) is 0. The maximum absolute atomic E-state index is 12.7. The van der Waals surface area contributed by atoms with E-state index in [-0.39, 0.29) is 24.0 Å². The number of carbonyl (C=O) groups excluding carboxylic acids is 1. The summed E-state index contributed by atoms with van der Waals surface area (Å²) in [5, 5.41) is 11.4. The first-order valence-electron chi connectivity index (χ1n) is 6.98. The molecule has 0 unspecified atom stereocenters. The zero-order valence-corrected chi connectivity index (χ0v) is 11.7. The molecule has 0 spiro atoms. The normalized spacial score (nSPS) is 22.1. The quantitative estimate of drug-likeness (QED) is 0.900. The van der Waals surface area contributed by atoms with Gasteiger partial charge in [-0.05, 0) is 43.5 Å². The lowest BCUT2D eigenvalue weighted by atomic mass is 9.85. The van der Waals surface area contributed by atoms with Crippen molar-refractivity contribution in [1.29, 1.82) is 0 Å². The predicted octanol–water partition coefficient (Wildman–Crippen LogP) is 3.24. The predicted molar refractivity (Wildman–Crippen MR) is 72.7 cm³/mol. The van der Waals surface area contributed by atoms with Crippen LogP contribution in [0, 0.1) is 5.92 Å². The van der Waals surface area contributed by atoms with Gasteiger partial charge in [-0.2, -0.15) is 13.2 Å². The van der Waals surface area contributed by atoms with Gasteiger partial charge in [-0.1, -0.05) is 6.42 Å². The van der Waals surface area contributed by atoms with E-state index in [1.165, 1.54) is 24.3 Å². The number of amides is 1. The van der Waals surface area contributed by atoms with Crippen molar-refractivity contribution in [2.24, 2.45) is 5.92 Å². The molecule has 0 bridgehead atoms. The largest absolute Gasteiger partial charge is 0.478 e. The molecule has 0 aliphatic heterocycles. The van der Waals surface area contributed by atoms with E-state index in [0.29, 0.717) is 12.8 Å². The molecule has 120 valence electrons. The van der Waals surface area contributed by atoms with Crippen molar-refractivity contribution in [2.75, 3.05) is 0 Å². The van der Waals surface area contributed by atoms with Gasteiger partial charge in [-0.25, -0.2) is 4.79 Å². The highest BCUT2D eigenvalue weighted by molar-refractivity contribution is 5.96. The van der Waals surface area contributed by atoms with Gasteiger partial charge in [0.25, 0.3) is 5.91 Å². The Kier molecular flexibility index (Phi) is 4.73. The molecule has 0 saturated heterocycles. The molecule has 1 fully saturated rings. The molecule has 7 heteroatoms. The number of benzene rings is 1. The number of halogens is 3. The van der Waals surface area contributed by atoms with E-state index >= 15 is 0 Å². The number of carboxylic acids is 1. The first-order chi connectivity index (χ1) is 10.3. The van der Waals surface area contributed by atoms with Crippen LogP contribution in [0.3, 0.4) is 0 Å². The average molecular weight is 315 g/mol. The van der Waals surface area contributed by atoms with Gasteiger partial charge in [0.2, 0.25) is 0 Å². The molecule has 22 heavy (non-hydrogen) atoms. The molecular weight excluding hydrogens is 299 g/mol. The fourth-order valence-electron chi connectivity index (χ4n) is 2.65. The number of hydrogen-bond acceptors (Lipinski definition) is 2. The second kappa shape index (κ2) is 6.37. The highest BCUT2D eigenvalue weighted by Crippen LogP contribution is 2.37. The van der Waals surface area contributed by atoms with Gasteiger partial charge >= 0.3 is 12.1 Å². The van der Waals surface area contributed by atoms with Gasteiger partial charge in [0.1, 0.15) is 0 Å². The Bertz CT molecular complexity index is 554. The number of carbonyl (C=O) groups is 2. The summed E-state index contributed by atoms with van der Waals surface area (Å²) in [6.07, 6.45) is -3.29. The van der Waals surface area contributed by atoms with E-state index in [0.717, 1.165) is 0 Å². The molecular formula is C15H16F3NO3. The third-order valence-corrected chi connectivity index (χ3v) is 3.87. The molecule has 1 aromatic rings. The topological polar surface area (TPSA) is 66.4 Å². The standard InChI is InChI=1S/C15H16F3NO3/c16-15(17,18)11-2-1-3-12(8-11)19-13(20)9-4-6-10(7-5-9)14(21)22/h4-7,11-12H,1-3,8H2,(H,19,20)(H,21,22)/t11-,12-/m0/s1. The Hall–Kier alpha value is -2.05. The number of alkyl halides is 3. The number of nitrogens with one attached hydrogen (secondary N) is 1. The van der Waals surface area contributed by atoms with Gasteiger partial charge in [0.05, 0.1) is 11.5 Å². The summed E-state index contributed by atoms with van der Waals surface area (Å²) < 4.78 is 38.2. The molecule has 1 saturated carbocycles. The van der Waals surface area contributed by atoms with Gasteiger partial charge < -0.3 is 10.4 Å². The Balaban J connectivity index is 1.98. The highest BCUT2D eigenvalue weighted by Gasteiger charge is 2.42. The fourth-order valence-corrected chi connectivity index (χ4v) is 2.65. The Morgan fingerprint density at radius 3 is 2.23 bits per heavy atom. The lowest BCUT2D eigenvalue weighted by molar-refractivity contribution is -0.183. The molecule has 0 heterocycles. The van der Waals surface area contributed by atoms with Crippen LogP contribution in [0.25, 0.3) is 0 Å². The van der Waals surface area contributed by atoms with Crippen molar-refractivity contribution in [1.82, 2.24) is 5.32 Å². The summed E-state index contributed by atoms with van der Waals surface area (Å²) in [5.74, 6) is -2.96. The summed E-state index contributed by atoms with van der Waals surface area (Å²) in [6, 6.07) is 4.77.